The molecule has 2 aliphatic rings. The molecule has 8 heteroatoms. The Morgan fingerprint density at radius 1 is 0.943 bits per heavy atom. The molecule has 5 rings (SSSR count). The zero-order valence-corrected chi connectivity index (χ0v) is 21.4. The summed E-state index contributed by atoms with van der Waals surface area (Å²) in [5.41, 5.74) is 6.87. The van der Waals surface area contributed by atoms with E-state index in [4.69, 9.17) is 5.10 Å². The Kier molecular flexibility index (Phi) is 6.17. The zero-order valence-electron chi connectivity index (χ0n) is 20.6. The van der Waals surface area contributed by atoms with Gasteiger partial charge in [-0.2, -0.15) is 5.10 Å². The summed E-state index contributed by atoms with van der Waals surface area (Å²) < 4.78 is 26.2. The minimum absolute atomic E-state index is 0.0648. The van der Waals surface area contributed by atoms with Crippen LogP contribution in [0.15, 0.2) is 48.5 Å². The SMILES string of the molecule is Cc1cccc(N2CCN(C(=O)c3cc(-c4ccc(C)c(C)c4)n(C4CCS(=O)(=O)C4)n3)CC2)c1. The number of anilines is 1. The molecule has 2 aromatic carbocycles. The molecule has 7 nitrogen and oxygen atoms in total. The van der Waals surface area contributed by atoms with Gasteiger partial charge in [0.05, 0.1) is 23.2 Å². The van der Waals surface area contributed by atoms with Crippen molar-refractivity contribution >= 4 is 21.4 Å². The maximum atomic E-state index is 13.5. The largest absolute Gasteiger partial charge is 0.368 e. The van der Waals surface area contributed by atoms with Gasteiger partial charge in [0.25, 0.3) is 5.91 Å². The number of piperazine rings is 1. The Morgan fingerprint density at radius 2 is 1.71 bits per heavy atom. The minimum atomic E-state index is -3.09. The van der Waals surface area contributed by atoms with E-state index in [9.17, 15) is 13.2 Å². The molecule has 1 atom stereocenters. The van der Waals surface area contributed by atoms with E-state index >= 15 is 0 Å². The molecule has 1 unspecified atom stereocenters. The normalized spacial score (nSPS) is 19.8. The van der Waals surface area contributed by atoms with Gasteiger partial charge >= 0.3 is 0 Å². The number of carbonyl (C=O) groups is 1. The van der Waals surface area contributed by atoms with Gasteiger partial charge in [-0.25, -0.2) is 8.42 Å². The molecule has 0 radical (unpaired) electrons. The van der Waals surface area contributed by atoms with Gasteiger partial charge in [0, 0.05) is 37.4 Å². The molecule has 184 valence electrons. The second kappa shape index (κ2) is 9.15. The van der Waals surface area contributed by atoms with Crippen molar-refractivity contribution in [1.29, 1.82) is 0 Å². The average molecular weight is 493 g/mol. The molecule has 0 bridgehead atoms. The van der Waals surface area contributed by atoms with Crippen molar-refractivity contribution < 1.29 is 13.2 Å². The molecule has 1 aromatic heterocycles. The first kappa shape index (κ1) is 23.6. The first-order valence-corrected chi connectivity index (χ1v) is 14.0. The van der Waals surface area contributed by atoms with E-state index in [1.807, 2.05) is 17.0 Å². The monoisotopic (exact) mass is 492 g/mol. The molecule has 3 aromatic rings. The third-order valence-electron chi connectivity index (χ3n) is 7.25. The summed E-state index contributed by atoms with van der Waals surface area (Å²) in [4.78, 5) is 17.6. The van der Waals surface area contributed by atoms with Crippen molar-refractivity contribution in [3.63, 3.8) is 0 Å². The molecular weight excluding hydrogens is 460 g/mol. The molecule has 0 spiro atoms. The van der Waals surface area contributed by atoms with Crippen LogP contribution in [0.5, 0.6) is 0 Å². The summed E-state index contributed by atoms with van der Waals surface area (Å²) in [6.45, 7) is 8.97. The van der Waals surface area contributed by atoms with E-state index in [2.05, 4.69) is 62.1 Å². The number of aromatic nitrogens is 2. The molecule has 2 saturated heterocycles. The molecule has 0 aliphatic carbocycles. The number of nitrogens with zero attached hydrogens (tertiary/aromatic N) is 4. The number of carbonyl (C=O) groups excluding carboxylic acids is 1. The number of hydrogen-bond donors (Lipinski definition) is 0. The van der Waals surface area contributed by atoms with Crippen LogP contribution < -0.4 is 4.90 Å². The van der Waals surface area contributed by atoms with Crippen LogP contribution in [-0.4, -0.2) is 66.7 Å². The predicted molar refractivity (Wildman–Crippen MR) is 139 cm³/mol. The van der Waals surface area contributed by atoms with Gasteiger partial charge in [0.1, 0.15) is 0 Å². The summed E-state index contributed by atoms with van der Waals surface area (Å²) in [6.07, 6.45) is 0.519. The lowest BCUT2D eigenvalue weighted by atomic mass is 10.0. The molecule has 2 aliphatic heterocycles. The van der Waals surface area contributed by atoms with Gasteiger partial charge in [-0.15, -0.1) is 0 Å². The van der Waals surface area contributed by atoms with Crippen LogP contribution in [0.4, 0.5) is 5.69 Å². The second-order valence-corrected chi connectivity index (χ2v) is 12.1. The number of benzene rings is 2. The number of rotatable bonds is 4. The lowest BCUT2D eigenvalue weighted by Gasteiger charge is -2.36. The smallest absolute Gasteiger partial charge is 0.274 e. The summed E-state index contributed by atoms with van der Waals surface area (Å²) in [5.74, 6) is 0.127. The predicted octanol–water partition coefficient (Wildman–Crippen LogP) is 3.80. The van der Waals surface area contributed by atoms with E-state index < -0.39 is 9.84 Å². The second-order valence-electron chi connectivity index (χ2n) is 9.83. The van der Waals surface area contributed by atoms with Gasteiger partial charge in [-0.05, 0) is 68.1 Å². The van der Waals surface area contributed by atoms with Gasteiger partial charge in [0.15, 0.2) is 15.5 Å². The van der Waals surface area contributed by atoms with E-state index in [0.29, 0.717) is 25.2 Å². The first-order chi connectivity index (χ1) is 16.7. The maximum absolute atomic E-state index is 13.5. The molecule has 1 amide bonds. The van der Waals surface area contributed by atoms with E-state index in [1.54, 1.807) is 4.68 Å². The Labute approximate surface area is 207 Å². The average Bonchev–Trinajstić information content (AvgIpc) is 3.44. The molecule has 3 heterocycles. The molecule has 0 N–H and O–H groups in total. The summed E-state index contributed by atoms with van der Waals surface area (Å²) >= 11 is 0. The molecule has 0 saturated carbocycles. The van der Waals surface area contributed by atoms with Crippen molar-refractivity contribution in [3.8, 4) is 11.3 Å². The third-order valence-corrected chi connectivity index (χ3v) is 9.00. The quantitative estimate of drug-likeness (QED) is 0.554. The lowest BCUT2D eigenvalue weighted by molar-refractivity contribution is 0.0739. The Balaban J connectivity index is 1.40. The van der Waals surface area contributed by atoms with E-state index in [-0.39, 0.29) is 23.5 Å². The zero-order chi connectivity index (χ0) is 24.7. The standard InChI is InChI=1S/C27H32N4O3S/c1-19-5-4-6-23(15-19)29-10-12-30(13-11-29)27(32)25-17-26(22-8-7-20(2)21(3)16-22)31(28-25)24-9-14-35(33,34)18-24/h4-8,15-17,24H,9-14,18H2,1-3H3. The molecule has 35 heavy (non-hydrogen) atoms. The maximum Gasteiger partial charge on any atom is 0.274 e. The highest BCUT2D eigenvalue weighted by Crippen LogP contribution is 2.31. The van der Waals surface area contributed by atoms with Crippen LogP contribution >= 0.6 is 0 Å². The van der Waals surface area contributed by atoms with Gasteiger partial charge < -0.3 is 9.80 Å². The highest BCUT2D eigenvalue weighted by molar-refractivity contribution is 7.91. The van der Waals surface area contributed by atoms with Crippen LogP contribution in [0, 0.1) is 20.8 Å². The third kappa shape index (κ3) is 4.85. The summed E-state index contributed by atoms with van der Waals surface area (Å²) in [7, 11) is -3.09. The van der Waals surface area contributed by atoms with Gasteiger partial charge in [-0.1, -0.05) is 24.3 Å². The van der Waals surface area contributed by atoms with Crippen molar-refractivity contribution in [2.45, 2.75) is 33.2 Å². The van der Waals surface area contributed by atoms with Crippen molar-refractivity contribution in [2.75, 3.05) is 42.6 Å². The fourth-order valence-corrected chi connectivity index (χ4v) is 6.71. The minimum Gasteiger partial charge on any atom is -0.368 e. The number of aryl methyl sites for hydroxylation is 3. The lowest BCUT2D eigenvalue weighted by Crippen LogP contribution is -2.49. The Hall–Kier alpha value is -3.13. The fourth-order valence-electron chi connectivity index (χ4n) is 5.02. The van der Waals surface area contributed by atoms with Crippen LogP contribution in [0.25, 0.3) is 11.3 Å². The van der Waals surface area contributed by atoms with Crippen molar-refractivity contribution in [2.24, 2.45) is 0 Å². The fraction of sp³-hybridized carbons (Fsp3) is 0.407. The van der Waals surface area contributed by atoms with E-state index in [1.165, 1.54) is 16.8 Å². The van der Waals surface area contributed by atoms with Crippen LogP contribution in [0.2, 0.25) is 0 Å². The van der Waals surface area contributed by atoms with Crippen molar-refractivity contribution in [3.05, 3.63) is 70.9 Å². The number of amides is 1. The Morgan fingerprint density at radius 3 is 2.37 bits per heavy atom. The van der Waals surface area contributed by atoms with Crippen molar-refractivity contribution in [1.82, 2.24) is 14.7 Å². The van der Waals surface area contributed by atoms with Crippen LogP contribution in [0.1, 0.15) is 39.6 Å². The first-order valence-electron chi connectivity index (χ1n) is 12.2. The van der Waals surface area contributed by atoms with Crippen LogP contribution in [-0.2, 0) is 9.84 Å². The van der Waals surface area contributed by atoms with Gasteiger partial charge in [-0.3, -0.25) is 9.48 Å². The molecular formula is C27H32N4O3S. The highest BCUT2D eigenvalue weighted by Gasteiger charge is 2.33. The topological polar surface area (TPSA) is 75.5 Å². The molecule has 2 fully saturated rings. The Bertz CT molecular complexity index is 1370. The van der Waals surface area contributed by atoms with E-state index in [0.717, 1.165) is 29.9 Å². The summed E-state index contributed by atoms with van der Waals surface area (Å²) in [6, 6.07) is 16.2. The summed E-state index contributed by atoms with van der Waals surface area (Å²) in [5, 5.41) is 4.70. The number of sulfone groups is 1. The number of hydrogen-bond acceptors (Lipinski definition) is 5. The van der Waals surface area contributed by atoms with Gasteiger partial charge in [0.2, 0.25) is 0 Å². The highest BCUT2D eigenvalue weighted by atomic mass is 32.2. The van der Waals surface area contributed by atoms with Crippen LogP contribution in [0.3, 0.4) is 0 Å².